The van der Waals surface area contributed by atoms with Crippen LogP contribution in [0.4, 0.5) is 0 Å². The van der Waals surface area contributed by atoms with Crippen molar-refractivity contribution >= 4 is 42.1 Å². The van der Waals surface area contributed by atoms with Gasteiger partial charge in [0.05, 0.1) is 12.1 Å². The Kier molecular flexibility index (Phi) is 10.8. The molecular weight excluding hydrogens is 417 g/mol. The summed E-state index contributed by atoms with van der Waals surface area (Å²) in [7, 11) is 1.97. The first-order chi connectivity index (χ1) is 12.6. The number of nitrogens with zero attached hydrogens (tertiary/aromatic N) is 2. The molecule has 8 heteroatoms. The highest BCUT2D eigenvalue weighted by molar-refractivity contribution is 7.09. The van der Waals surface area contributed by atoms with Crippen molar-refractivity contribution in [2.24, 2.45) is 5.92 Å². The van der Waals surface area contributed by atoms with E-state index in [2.05, 4.69) is 17.2 Å². The van der Waals surface area contributed by atoms with Crippen LogP contribution in [0.2, 0.25) is 0 Å². The number of hydrogen-bond donors (Lipinski definition) is 1. The fraction of sp³-hybridized carbons (Fsp3) is 0.500. The predicted molar refractivity (Wildman–Crippen MR) is 119 cm³/mol. The van der Waals surface area contributed by atoms with Crippen LogP contribution < -0.4 is 10.1 Å². The zero-order chi connectivity index (χ0) is 18.4. The number of benzene rings is 1. The molecule has 1 unspecified atom stereocenters. The van der Waals surface area contributed by atoms with Crippen LogP contribution in [-0.4, -0.2) is 42.5 Å². The number of piperidine rings is 1. The zero-order valence-electron chi connectivity index (χ0n) is 16.3. The molecule has 5 nitrogen and oxygen atoms in total. The molecule has 1 aliphatic heterocycles. The van der Waals surface area contributed by atoms with Gasteiger partial charge in [-0.3, -0.25) is 4.79 Å². The van der Waals surface area contributed by atoms with Crippen molar-refractivity contribution in [3.8, 4) is 5.75 Å². The first-order valence-electron chi connectivity index (χ1n) is 9.19. The third-order valence-corrected chi connectivity index (χ3v) is 5.55. The number of likely N-dealkylation sites (tertiary alicyclic amines) is 1. The van der Waals surface area contributed by atoms with Crippen LogP contribution >= 0.6 is 36.2 Å². The number of ether oxygens (including phenoxy) is 1. The quantitative estimate of drug-likeness (QED) is 0.702. The van der Waals surface area contributed by atoms with Gasteiger partial charge < -0.3 is 15.0 Å². The van der Waals surface area contributed by atoms with Gasteiger partial charge in [0.25, 0.3) is 0 Å². The molecule has 1 aliphatic rings. The summed E-state index contributed by atoms with van der Waals surface area (Å²) in [6.45, 7) is 5.19. The summed E-state index contributed by atoms with van der Waals surface area (Å²) in [5.74, 6) is 1.58. The van der Waals surface area contributed by atoms with E-state index in [1.807, 2.05) is 41.6 Å². The average molecular weight is 446 g/mol. The number of aryl methyl sites for hydroxylation is 1. The third kappa shape index (κ3) is 7.24. The highest BCUT2D eigenvalue weighted by Crippen LogP contribution is 2.19. The van der Waals surface area contributed by atoms with Crippen LogP contribution in [0.5, 0.6) is 5.75 Å². The number of hydrogen-bond acceptors (Lipinski definition) is 5. The Morgan fingerprint density at radius 3 is 2.79 bits per heavy atom. The van der Waals surface area contributed by atoms with Gasteiger partial charge in [-0.1, -0.05) is 17.7 Å². The van der Waals surface area contributed by atoms with Crippen molar-refractivity contribution < 1.29 is 9.53 Å². The molecule has 0 aliphatic carbocycles. The number of thiazole rings is 1. The van der Waals surface area contributed by atoms with Crippen molar-refractivity contribution in [1.82, 2.24) is 15.2 Å². The van der Waals surface area contributed by atoms with Crippen molar-refractivity contribution in [2.75, 3.05) is 26.7 Å². The summed E-state index contributed by atoms with van der Waals surface area (Å²) in [5, 5.41) is 6.09. The van der Waals surface area contributed by atoms with Crippen LogP contribution in [0, 0.1) is 12.8 Å². The number of aromatic nitrogens is 1. The molecule has 1 atom stereocenters. The Balaban J connectivity index is 0.00000196. The van der Waals surface area contributed by atoms with E-state index in [1.54, 1.807) is 11.3 Å². The molecule has 1 fully saturated rings. The first kappa shape index (κ1) is 24.7. The lowest BCUT2D eigenvalue weighted by atomic mass is 9.98. The Labute approximate surface area is 183 Å². The maximum Gasteiger partial charge on any atom is 0.228 e. The lowest BCUT2D eigenvalue weighted by Crippen LogP contribution is -2.43. The van der Waals surface area contributed by atoms with Crippen LogP contribution in [0.1, 0.15) is 29.1 Å². The molecule has 3 rings (SSSR count). The zero-order valence-corrected chi connectivity index (χ0v) is 18.8. The van der Waals surface area contributed by atoms with E-state index in [0.29, 0.717) is 18.9 Å². The van der Waals surface area contributed by atoms with Gasteiger partial charge in [0, 0.05) is 18.5 Å². The van der Waals surface area contributed by atoms with E-state index < -0.39 is 0 Å². The second-order valence-corrected chi connectivity index (χ2v) is 7.86. The molecule has 0 radical (unpaired) electrons. The van der Waals surface area contributed by atoms with E-state index in [-0.39, 0.29) is 30.7 Å². The first-order valence-corrected chi connectivity index (χ1v) is 10.1. The lowest BCUT2D eigenvalue weighted by molar-refractivity contribution is -0.132. The predicted octanol–water partition coefficient (Wildman–Crippen LogP) is 3.87. The smallest absolute Gasteiger partial charge is 0.228 e. The summed E-state index contributed by atoms with van der Waals surface area (Å²) in [4.78, 5) is 19.1. The van der Waals surface area contributed by atoms with Crippen LogP contribution in [0.15, 0.2) is 29.6 Å². The van der Waals surface area contributed by atoms with Crippen LogP contribution in [-0.2, 0) is 17.8 Å². The normalized spacial score (nSPS) is 16.1. The highest BCUT2D eigenvalue weighted by atomic mass is 35.5. The number of amides is 1. The minimum atomic E-state index is 0. The van der Waals surface area contributed by atoms with E-state index >= 15 is 0 Å². The summed E-state index contributed by atoms with van der Waals surface area (Å²) < 4.78 is 5.77. The number of nitrogens with one attached hydrogen (secondary N) is 1. The summed E-state index contributed by atoms with van der Waals surface area (Å²) in [6, 6.07) is 7.99. The second kappa shape index (κ2) is 12.3. The van der Waals surface area contributed by atoms with Crippen molar-refractivity contribution in [3.05, 3.63) is 45.9 Å². The standard InChI is InChI=1S/C20H27N3O2S.2ClH/c1-15-5-7-18(8-6-15)25-13-19-22-17(14-26-19)10-20(24)23-9-3-4-16(12-23)11-21-2;;/h5-8,14,16,21H,3-4,9-13H2,1-2H3;2*1H. The van der Waals surface area contributed by atoms with E-state index in [4.69, 9.17) is 4.74 Å². The molecule has 0 bridgehead atoms. The molecule has 1 N–H and O–H groups in total. The number of carbonyl (C=O) groups excluding carboxylic acids is 1. The SMILES string of the molecule is CNCC1CCCN(C(=O)Cc2csc(COc3ccc(C)cc3)n2)C1.Cl.Cl. The fourth-order valence-electron chi connectivity index (χ4n) is 3.29. The van der Waals surface area contributed by atoms with Crippen LogP contribution in [0.25, 0.3) is 0 Å². The highest BCUT2D eigenvalue weighted by Gasteiger charge is 2.23. The molecule has 0 saturated carbocycles. The monoisotopic (exact) mass is 445 g/mol. The topological polar surface area (TPSA) is 54.5 Å². The van der Waals surface area contributed by atoms with Gasteiger partial charge in [-0.15, -0.1) is 36.2 Å². The maximum absolute atomic E-state index is 12.6. The van der Waals surface area contributed by atoms with Gasteiger partial charge in [0.1, 0.15) is 17.4 Å². The molecule has 2 heterocycles. The molecule has 2 aromatic rings. The van der Waals surface area contributed by atoms with Crippen molar-refractivity contribution in [1.29, 1.82) is 0 Å². The maximum atomic E-state index is 12.6. The summed E-state index contributed by atoms with van der Waals surface area (Å²) >= 11 is 1.55. The van der Waals surface area contributed by atoms with Gasteiger partial charge in [-0.25, -0.2) is 4.98 Å². The number of halogens is 2. The minimum Gasteiger partial charge on any atom is -0.486 e. The Morgan fingerprint density at radius 2 is 2.07 bits per heavy atom. The van der Waals surface area contributed by atoms with E-state index in [9.17, 15) is 4.79 Å². The van der Waals surface area contributed by atoms with Gasteiger partial charge in [-0.2, -0.15) is 0 Å². The molecule has 1 amide bonds. The molecule has 1 saturated heterocycles. The average Bonchev–Trinajstić information content (AvgIpc) is 3.09. The Morgan fingerprint density at radius 1 is 1.32 bits per heavy atom. The molecule has 1 aromatic heterocycles. The molecule has 28 heavy (non-hydrogen) atoms. The van der Waals surface area contributed by atoms with E-state index in [0.717, 1.165) is 42.5 Å². The van der Waals surface area contributed by atoms with Gasteiger partial charge in [0.15, 0.2) is 0 Å². The van der Waals surface area contributed by atoms with Crippen molar-refractivity contribution in [2.45, 2.75) is 32.8 Å². The van der Waals surface area contributed by atoms with Gasteiger partial charge in [0.2, 0.25) is 5.91 Å². The van der Waals surface area contributed by atoms with Crippen molar-refractivity contribution in [3.63, 3.8) is 0 Å². The fourth-order valence-corrected chi connectivity index (χ4v) is 3.99. The summed E-state index contributed by atoms with van der Waals surface area (Å²) in [6.07, 6.45) is 2.67. The molecule has 1 aromatic carbocycles. The molecular formula is C20H29Cl2N3O2S. The summed E-state index contributed by atoms with van der Waals surface area (Å²) in [5.41, 5.74) is 2.06. The van der Waals surface area contributed by atoms with Gasteiger partial charge >= 0.3 is 0 Å². The number of carbonyl (C=O) groups is 1. The lowest BCUT2D eigenvalue weighted by Gasteiger charge is -2.32. The second-order valence-electron chi connectivity index (χ2n) is 6.92. The Hall–Kier alpha value is -1.34. The largest absolute Gasteiger partial charge is 0.486 e. The minimum absolute atomic E-state index is 0. The molecule has 0 spiro atoms. The number of rotatable bonds is 7. The van der Waals surface area contributed by atoms with Crippen LogP contribution in [0.3, 0.4) is 0 Å². The molecule has 156 valence electrons. The Bertz CT molecular complexity index is 722. The van der Waals surface area contributed by atoms with E-state index in [1.165, 1.54) is 12.0 Å². The van der Waals surface area contributed by atoms with Gasteiger partial charge in [-0.05, 0) is 51.4 Å². The third-order valence-electron chi connectivity index (χ3n) is 4.68.